The molecule has 0 fully saturated rings. The minimum atomic E-state index is -1.16. The van der Waals surface area contributed by atoms with Crippen molar-refractivity contribution in [2.45, 2.75) is 6.61 Å². The number of nitrogens with one attached hydrogen (secondary N) is 1. The average Bonchev–Trinajstić information content (AvgIpc) is 3.25. The van der Waals surface area contributed by atoms with E-state index < -0.39 is 11.9 Å². The summed E-state index contributed by atoms with van der Waals surface area (Å²) in [5.41, 5.74) is 3.33. The van der Waals surface area contributed by atoms with Crippen LogP contribution in [0.15, 0.2) is 60.9 Å². The monoisotopic (exact) mass is 566 g/mol. The number of hydrogen-bond acceptors (Lipinski definition) is 7. The molecule has 11 heteroatoms. The molecular weight excluding hydrogens is 552 g/mol. The maximum Gasteiger partial charge on any atom is 0.371 e. The summed E-state index contributed by atoms with van der Waals surface area (Å²) in [6, 6.07) is 10.8. The Balaban J connectivity index is 1.64. The predicted molar refractivity (Wildman–Crippen MR) is 122 cm³/mol. The number of benzene rings is 2. The number of hydrogen-bond donors (Lipinski definition) is 3. The molecule has 32 heavy (non-hydrogen) atoms. The van der Waals surface area contributed by atoms with Crippen molar-refractivity contribution >= 4 is 50.0 Å². The van der Waals surface area contributed by atoms with E-state index in [1.807, 2.05) is 0 Å². The largest absolute Gasteiger partial charge is 0.506 e. The number of phenolic OH excluding ortho intramolecular Hbond substituents is 1. The summed E-state index contributed by atoms with van der Waals surface area (Å²) >= 11 is 6.34. The maximum absolute atomic E-state index is 12.3. The number of hydrazone groups is 1. The molecule has 3 aromatic rings. The van der Waals surface area contributed by atoms with Gasteiger partial charge in [0.05, 0.1) is 22.3 Å². The average molecular weight is 568 g/mol. The highest BCUT2D eigenvalue weighted by atomic mass is 79.9. The molecule has 3 N–H and O–H groups in total. The van der Waals surface area contributed by atoms with Crippen LogP contribution in [0, 0.1) is 0 Å². The zero-order valence-corrected chi connectivity index (χ0v) is 19.6. The molecule has 0 radical (unpaired) electrons. The van der Waals surface area contributed by atoms with Gasteiger partial charge in [0.1, 0.15) is 18.1 Å². The number of phenols is 1. The van der Waals surface area contributed by atoms with Gasteiger partial charge in [0, 0.05) is 5.56 Å². The smallest absolute Gasteiger partial charge is 0.371 e. The molecule has 0 aliphatic carbocycles. The molecule has 0 unspecified atom stereocenters. The Bertz CT molecular complexity index is 1170. The maximum atomic E-state index is 12.3. The fourth-order valence-electron chi connectivity index (χ4n) is 2.53. The molecule has 0 atom stereocenters. The van der Waals surface area contributed by atoms with Gasteiger partial charge < -0.3 is 24.1 Å². The molecular formula is C21H16Br2N2O7. The zero-order valence-electron chi connectivity index (χ0n) is 16.5. The summed E-state index contributed by atoms with van der Waals surface area (Å²) in [5.74, 6) is -0.614. The number of amides is 1. The van der Waals surface area contributed by atoms with Crippen molar-refractivity contribution in [3.05, 3.63) is 74.1 Å². The van der Waals surface area contributed by atoms with E-state index in [1.54, 1.807) is 18.2 Å². The van der Waals surface area contributed by atoms with Crippen molar-refractivity contribution in [1.29, 1.82) is 0 Å². The van der Waals surface area contributed by atoms with Gasteiger partial charge in [-0.3, -0.25) is 4.79 Å². The van der Waals surface area contributed by atoms with Crippen LogP contribution in [-0.4, -0.2) is 35.4 Å². The number of carboxylic acid groups (broad SMARTS) is 1. The number of carbonyl (C=O) groups excluding carboxylic acids is 1. The topological polar surface area (TPSA) is 131 Å². The summed E-state index contributed by atoms with van der Waals surface area (Å²) in [6.45, 7) is 0.0187. The van der Waals surface area contributed by atoms with E-state index in [1.165, 1.54) is 37.6 Å². The minimum Gasteiger partial charge on any atom is -0.506 e. The van der Waals surface area contributed by atoms with Gasteiger partial charge in [-0.25, -0.2) is 10.2 Å². The van der Waals surface area contributed by atoms with E-state index in [0.29, 0.717) is 37.3 Å². The van der Waals surface area contributed by atoms with Crippen LogP contribution in [-0.2, 0) is 6.61 Å². The molecule has 0 saturated heterocycles. The second kappa shape index (κ2) is 10.3. The van der Waals surface area contributed by atoms with E-state index in [9.17, 15) is 14.7 Å². The highest BCUT2D eigenvalue weighted by molar-refractivity contribution is 9.11. The van der Waals surface area contributed by atoms with Crippen molar-refractivity contribution in [3.8, 4) is 17.2 Å². The van der Waals surface area contributed by atoms with Gasteiger partial charge in [0.15, 0.2) is 11.5 Å². The van der Waals surface area contributed by atoms with Crippen LogP contribution < -0.4 is 14.9 Å². The molecule has 0 aliphatic heterocycles. The summed E-state index contributed by atoms with van der Waals surface area (Å²) < 4.78 is 16.9. The summed E-state index contributed by atoms with van der Waals surface area (Å²) in [7, 11) is 1.47. The predicted octanol–water partition coefficient (Wildman–Crippen LogP) is 4.56. The van der Waals surface area contributed by atoms with Gasteiger partial charge in [0.25, 0.3) is 5.91 Å². The summed E-state index contributed by atoms with van der Waals surface area (Å²) in [6.07, 6.45) is 1.43. The highest BCUT2D eigenvalue weighted by Gasteiger charge is 2.12. The minimum absolute atomic E-state index is 0.00571. The number of aromatic hydroxyl groups is 1. The Kier molecular flexibility index (Phi) is 7.54. The van der Waals surface area contributed by atoms with Crippen LogP contribution in [0.25, 0.3) is 0 Å². The van der Waals surface area contributed by atoms with Crippen molar-refractivity contribution < 1.29 is 33.7 Å². The molecule has 166 valence electrons. The number of ether oxygens (including phenoxy) is 2. The van der Waals surface area contributed by atoms with Gasteiger partial charge in [-0.15, -0.1) is 0 Å². The van der Waals surface area contributed by atoms with E-state index >= 15 is 0 Å². The number of furan rings is 1. The third kappa shape index (κ3) is 5.68. The fraction of sp³-hybridized carbons (Fsp3) is 0.0952. The first-order chi connectivity index (χ1) is 15.3. The fourth-order valence-corrected chi connectivity index (χ4v) is 3.72. The standard InChI is InChI=1S/C21H16Br2N2O7/c1-30-18-6-11(2-4-16(18)31-10-13-3-5-17(32-13)21(28)29)9-24-25-20(27)12-7-14(22)19(26)15(23)8-12/h2-9,26H,10H2,1H3,(H,25,27)(H,28,29)/b24-9-. The number of carbonyl (C=O) groups is 2. The lowest BCUT2D eigenvalue weighted by Crippen LogP contribution is -2.17. The molecule has 2 aromatic carbocycles. The van der Waals surface area contributed by atoms with Crippen molar-refractivity contribution in [1.82, 2.24) is 5.43 Å². The van der Waals surface area contributed by atoms with Gasteiger partial charge in [-0.2, -0.15) is 5.10 Å². The van der Waals surface area contributed by atoms with E-state index in [4.69, 9.17) is 19.0 Å². The highest BCUT2D eigenvalue weighted by Crippen LogP contribution is 2.33. The van der Waals surface area contributed by atoms with Crippen LogP contribution in [0.1, 0.15) is 32.2 Å². The lowest BCUT2D eigenvalue weighted by molar-refractivity contribution is 0.0657. The van der Waals surface area contributed by atoms with Gasteiger partial charge >= 0.3 is 5.97 Å². The SMILES string of the molecule is COc1cc(/C=N\NC(=O)c2cc(Br)c(O)c(Br)c2)ccc1OCc1ccc(C(=O)O)o1. The number of rotatable bonds is 8. The lowest BCUT2D eigenvalue weighted by Gasteiger charge is -2.10. The van der Waals surface area contributed by atoms with Crippen LogP contribution in [0.2, 0.25) is 0 Å². The van der Waals surface area contributed by atoms with Crippen LogP contribution in [0.4, 0.5) is 0 Å². The Morgan fingerprint density at radius 3 is 2.47 bits per heavy atom. The normalized spacial score (nSPS) is 10.8. The Hall–Kier alpha value is -3.31. The van der Waals surface area contributed by atoms with E-state index in [0.717, 1.165) is 0 Å². The third-order valence-corrected chi connectivity index (χ3v) is 5.30. The van der Waals surface area contributed by atoms with Crippen LogP contribution in [0.5, 0.6) is 17.2 Å². The van der Waals surface area contributed by atoms with Gasteiger partial charge in [0.2, 0.25) is 5.76 Å². The molecule has 0 bridgehead atoms. The quantitative estimate of drug-likeness (QED) is 0.268. The number of carboxylic acids is 1. The number of aromatic carboxylic acids is 1. The second-order valence-corrected chi connectivity index (χ2v) is 7.97. The van der Waals surface area contributed by atoms with Crippen molar-refractivity contribution in [3.63, 3.8) is 0 Å². The first kappa shape index (κ1) is 23.4. The zero-order chi connectivity index (χ0) is 23.3. The van der Waals surface area contributed by atoms with Crippen molar-refractivity contribution in [2.75, 3.05) is 7.11 Å². The van der Waals surface area contributed by atoms with Gasteiger partial charge in [-0.05, 0) is 79.9 Å². The molecule has 0 spiro atoms. The molecule has 9 nitrogen and oxygen atoms in total. The Labute approximate surface area is 198 Å². The summed E-state index contributed by atoms with van der Waals surface area (Å²) in [5, 5.41) is 22.6. The molecule has 0 saturated carbocycles. The molecule has 3 rings (SSSR count). The van der Waals surface area contributed by atoms with E-state index in [2.05, 4.69) is 42.4 Å². The van der Waals surface area contributed by atoms with Crippen LogP contribution in [0.3, 0.4) is 0 Å². The Morgan fingerprint density at radius 1 is 1.12 bits per heavy atom. The molecule has 0 aliphatic rings. The van der Waals surface area contributed by atoms with Gasteiger partial charge in [-0.1, -0.05) is 0 Å². The first-order valence-electron chi connectivity index (χ1n) is 8.92. The first-order valence-corrected chi connectivity index (χ1v) is 10.5. The third-order valence-electron chi connectivity index (χ3n) is 4.09. The number of halogens is 2. The molecule has 1 amide bonds. The summed E-state index contributed by atoms with van der Waals surface area (Å²) in [4.78, 5) is 23.1. The van der Waals surface area contributed by atoms with Crippen LogP contribution >= 0.6 is 31.9 Å². The Morgan fingerprint density at radius 2 is 1.84 bits per heavy atom. The molecule has 1 aromatic heterocycles. The van der Waals surface area contributed by atoms with E-state index in [-0.39, 0.29) is 18.1 Å². The lowest BCUT2D eigenvalue weighted by atomic mass is 10.2. The molecule has 1 heterocycles. The number of methoxy groups -OCH3 is 1. The van der Waals surface area contributed by atoms with Crippen molar-refractivity contribution in [2.24, 2.45) is 5.10 Å². The second-order valence-electron chi connectivity index (χ2n) is 6.26. The number of nitrogens with zero attached hydrogens (tertiary/aromatic N) is 1.